The monoisotopic (exact) mass is 267 g/mol. The molecule has 18 heavy (non-hydrogen) atoms. The summed E-state index contributed by atoms with van der Waals surface area (Å²) in [6.07, 6.45) is 2.62. The summed E-state index contributed by atoms with van der Waals surface area (Å²) < 4.78 is 0. The fourth-order valence-electron chi connectivity index (χ4n) is 2.34. The first-order chi connectivity index (χ1) is 8.44. The Bertz CT molecular complexity index is 381. The van der Waals surface area contributed by atoms with E-state index in [1.807, 2.05) is 0 Å². The smallest absolute Gasteiger partial charge is 0.185 e. The van der Waals surface area contributed by atoms with Crippen LogP contribution >= 0.6 is 11.3 Å². The van der Waals surface area contributed by atoms with Gasteiger partial charge in [0.15, 0.2) is 5.13 Å². The minimum atomic E-state index is 0.222. The number of thiazole rings is 1. The second kappa shape index (κ2) is 5.57. The maximum Gasteiger partial charge on any atom is 0.185 e. The lowest BCUT2D eigenvalue weighted by Gasteiger charge is -2.34. The van der Waals surface area contributed by atoms with Gasteiger partial charge in [-0.2, -0.15) is 0 Å². The number of rotatable bonds is 3. The van der Waals surface area contributed by atoms with Gasteiger partial charge >= 0.3 is 0 Å². The van der Waals surface area contributed by atoms with Crippen molar-refractivity contribution in [3.05, 3.63) is 11.1 Å². The standard InChI is InChI=1S/C14H25N3S/c1-11-10-18-13(16-11)17-7-5-6-12(9-17)8-15-14(2,3)4/h10,12,15H,5-9H2,1-4H3. The molecule has 0 radical (unpaired) electrons. The van der Waals surface area contributed by atoms with E-state index < -0.39 is 0 Å². The van der Waals surface area contributed by atoms with Gasteiger partial charge in [-0.1, -0.05) is 0 Å². The highest BCUT2D eigenvalue weighted by Crippen LogP contribution is 2.26. The third-order valence-electron chi connectivity index (χ3n) is 3.32. The molecule has 1 aliphatic heterocycles. The van der Waals surface area contributed by atoms with Crippen LogP contribution < -0.4 is 10.2 Å². The third-order valence-corrected chi connectivity index (χ3v) is 4.34. The highest BCUT2D eigenvalue weighted by atomic mass is 32.1. The molecule has 4 heteroatoms. The summed E-state index contributed by atoms with van der Waals surface area (Å²) in [4.78, 5) is 7.06. The summed E-state index contributed by atoms with van der Waals surface area (Å²) >= 11 is 1.78. The average Bonchev–Trinajstić information content (AvgIpc) is 2.73. The Morgan fingerprint density at radius 3 is 2.89 bits per heavy atom. The number of aryl methyl sites for hydroxylation is 1. The lowest BCUT2D eigenvalue weighted by molar-refractivity contribution is 0.335. The van der Waals surface area contributed by atoms with Gasteiger partial charge in [-0.05, 0) is 46.5 Å². The van der Waals surface area contributed by atoms with Crippen LogP contribution in [-0.2, 0) is 0 Å². The predicted octanol–water partition coefficient (Wildman–Crippen LogP) is 3.06. The van der Waals surface area contributed by atoms with E-state index in [0.29, 0.717) is 0 Å². The molecule has 2 heterocycles. The van der Waals surface area contributed by atoms with E-state index in [4.69, 9.17) is 0 Å². The first-order valence-electron chi connectivity index (χ1n) is 6.86. The average molecular weight is 267 g/mol. The van der Waals surface area contributed by atoms with Gasteiger partial charge in [-0.15, -0.1) is 11.3 Å². The number of hydrogen-bond donors (Lipinski definition) is 1. The van der Waals surface area contributed by atoms with Crippen LogP contribution in [0, 0.1) is 12.8 Å². The lowest BCUT2D eigenvalue weighted by Crippen LogP contribution is -2.44. The van der Waals surface area contributed by atoms with Crippen LogP contribution in [0.1, 0.15) is 39.3 Å². The van der Waals surface area contributed by atoms with Gasteiger partial charge in [0.2, 0.25) is 0 Å². The fraction of sp³-hybridized carbons (Fsp3) is 0.786. The summed E-state index contributed by atoms with van der Waals surface area (Å²) in [6.45, 7) is 12.2. The normalized spacial score (nSPS) is 21.3. The Hall–Kier alpha value is -0.610. The van der Waals surface area contributed by atoms with Crippen LogP contribution in [0.3, 0.4) is 0 Å². The molecule has 0 aromatic carbocycles. The minimum Gasteiger partial charge on any atom is -0.348 e. The molecular formula is C14H25N3S. The molecule has 0 aliphatic carbocycles. The highest BCUT2D eigenvalue weighted by Gasteiger charge is 2.23. The quantitative estimate of drug-likeness (QED) is 0.912. The van der Waals surface area contributed by atoms with Gasteiger partial charge in [0, 0.05) is 30.6 Å². The molecule has 0 amide bonds. The zero-order chi connectivity index (χ0) is 13.2. The number of hydrogen-bond acceptors (Lipinski definition) is 4. The molecular weight excluding hydrogens is 242 g/mol. The molecule has 1 aliphatic rings. The maximum atomic E-state index is 4.60. The Kier molecular flexibility index (Phi) is 4.28. The number of piperidine rings is 1. The summed E-state index contributed by atoms with van der Waals surface area (Å²) in [5, 5.41) is 6.97. The van der Waals surface area contributed by atoms with E-state index >= 15 is 0 Å². The molecule has 1 saturated heterocycles. The van der Waals surface area contributed by atoms with Gasteiger partial charge in [-0.3, -0.25) is 0 Å². The Balaban J connectivity index is 1.88. The van der Waals surface area contributed by atoms with Crippen molar-refractivity contribution >= 4 is 16.5 Å². The van der Waals surface area contributed by atoms with Crippen molar-refractivity contribution in [3.8, 4) is 0 Å². The van der Waals surface area contributed by atoms with Crippen LogP contribution in [0.5, 0.6) is 0 Å². The predicted molar refractivity (Wildman–Crippen MR) is 79.5 cm³/mol. The first kappa shape index (κ1) is 13.8. The largest absolute Gasteiger partial charge is 0.348 e. The van der Waals surface area contributed by atoms with Crippen LogP contribution in [-0.4, -0.2) is 30.2 Å². The summed E-state index contributed by atoms with van der Waals surface area (Å²) in [5.41, 5.74) is 1.37. The second-order valence-corrected chi connectivity index (χ2v) is 7.19. The third kappa shape index (κ3) is 3.95. The van der Waals surface area contributed by atoms with E-state index in [1.165, 1.54) is 24.5 Å². The minimum absolute atomic E-state index is 0.222. The topological polar surface area (TPSA) is 28.2 Å². The molecule has 0 bridgehead atoms. The molecule has 0 saturated carbocycles. The number of nitrogens with zero attached hydrogens (tertiary/aromatic N) is 2. The van der Waals surface area contributed by atoms with E-state index in [9.17, 15) is 0 Å². The van der Waals surface area contributed by atoms with Crippen LogP contribution in [0.4, 0.5) is 5.13 Å². The number of aromatic nitrogens is 1. The van der Waals surface area contributed by atoms with E-state index in [0.717, 1.165) is 24.7 Å². The summed E-state index contributed by atoms with van der Waals surface area (Å²) in [6, 6.07) is 0. The highest BCUT2D eigenvalue weighted by molar-refractivity contribution is 7.13. The van der Waals surface area contributed by atoms with Crippen LogP contribution in [0.15, 0.2) is 5.38 Å². The summed E-state index contributed by atoms with van der Waals surface area (Å²) in [7, 11) is 0. The Labute approximate surface area is 115 Å². The SMILES string of the molecule is Cc1csc(N2CCCC(CNC(C)(C)C)C2)n1. The van der Waals surface area contributed by atoms with Crippen molar-refractivity contribution in [1.82, 2.24) is 10.3 Å². The van der Waals surface area contributed by atoms with Crippen molar-refractivity contribution < 1.29 is 0 Å². The van der Waals surface area contributed by atoms with Gasteiger partial charge in [-0.25, -0.2) is 4.98 Å². The van der Waals surface area contributed by atoms with Crippen LogP contribution in [0.25, 0.3) is 0 Å². The first-order valence-corrected chi connectivity index (χ1v) is 7.74. The zero-order valence-electron chi connectivity index (χ0n) is 12.0. The number of nitrogens with one attached hydrogen (secondary N) is 1. The van der Waals surface area contributed by atoms with Crippen molar-refractivity contribution in [3.63, 3.8) is 0 Å². The van der Waals surface area contributed by atoms with Gasteiger partial charge in [0.05, 0.1) is 5.69 Å². The Morgan fingerprint density at radius 2 is 2.28 bits per heavy atom. The molecule has 0 spiro atoms. The Morgan fingerprint density at radius 1 is 1.50 bits per heavy atom. The molecule has 3 nitrogen and oxygen atoms in total. The second-order valence-electron chi connectivity index (χ2n) is 6.36. The van der Waals surface area contributed by atoms with Crippen molar-refractivity contribution in [2.45, 2.75) is 46.1 Å². The number of anilines is 1. The van der Waals surface area contributed by atoms with Gasteiger partial charge in [0.1, 0.15) is 0 Å². The van der Waals surface area contributed by atoms with Gasteiger partial charge < -0.3 is 10.2 Å². The molecule has 1 aromatic heterocycles. The zero-order valence-corrected chi connectivity index (χ0v) is 12.8. The van der Waals surface area contributed by atoms with E-state index in [-0.39, 0.29) is 5.54 Å². The van der Waals surface area contributed by atoms with E-state index in [1.54, 1.807) is 11.3 Å². The maximum absolute atomic E-state index is 4.60. The molecule has 1 aromatic rings. The van der Waals surface area contributed by atoms with E-state index in [2.05, 4.69) is 48.3 Å². The van der Waals surface area contributed by atoms with Gasteiger partial charge in [0.25, 0.3) is 0 Å². The van der Waals surface area contributed by atoms with Crippen molar-refractivity contribution in [2.24, 2.45) is 5.92 Å². The van der Waals surface area contributed by atoms with Crippen molar-refractivity contribution in [1.29, 1.82) is 0 Å². The van der Waals surface area contributed by atoms with Crippen LogP contribution in [0.2, 0.25) is 0 Å². The summed E-state index contributed by atoms with van der Waals surface area (Å²) in [5.74, 6) is 0.752. The molecule has 2 rings (SSSR count). The molecule has 1 atom stereocenters. The molecule has 1 N–H and O–H groups in total. The lowest BCUT2D eigenvalue weighted by atomic mass is 9.97. The molecule has 1 unspecified atom stereocenters. The molecule has 102 valence electrons. The fourth-order valence-corrected chi connectivity index (χ4v) is 3.18. The molecule has 1 fully saturated rings. The van der Waals surface area contributed by atoms with Crippen molar-refractivity contribution in [2.75, 3.05) is 24.5 Å².